The van der Waals surface area contributed by atoms with Gasteiger partial charge in [0, 0.05) is 10.9 Å². The van der Waals surface area contributed by atoms with Crippen molar-refractivity contribution < 1.29 is 4.42 Å². The normalized spacial score (nSPS) is 11.1. The largest absolute Gasteiger partial charge is 0.464 e. The number of aromatic nitrogens is 2. The van der Waals surface area contributed by atoms with E-state index in [1.807, 2.05) is 11.4 Å². The van der Waals surface area contributed by atoms with Crippen LogP contribution in [0.15, 0.2) is 33.0 Å². The fraction of sp³-hybridized carbons (Fsp3) is 0.0909. The number of nitrogen functional groups attached to an aromatic ring is 1. The van der Waals surface area contributed by atoms with E-state index in [9.17, 15) is 4.79 Å². The highest BCUT2D eigenvalue weighted by atomic mass is 32.1. The number of hydrogen-bond acceptors (Lipinski definition) is 5. The first-order valence-electron chi connectivity index (χ1n) is 4.98. The Morgan fingerprint density at radius 2 is 2.35 bits per heavy atom. The number of nitrogens with two attached hydrogens (primary N) is 1. The Hall–Kier alpha value is -2.08. The molecule has 17 heavy (non-hydrogen) atoms. The monoisotopic (exact) mass is 247 g/mol. The molecule has 6 heteroatoms. The van der Waals surface area contributed by atoms with E-state index in [2.05, 4.69) is 4.98 Å². The van der Waals surface area contributed by atoms with Crippen LogP contribution in [0.3, 0.4) is 0 Å². The number of thiophene rings is 1. The lowest BCUT2D eigenvalue weighted by Crippen LogP contribution is -2.30. The third-order valence-electron chi connectivity index (χ3n) is 2.60. The quantitative estimate of drug-likeness (QED) is 0.665. The molecule has 5 nitrogen and oxygen atoms in total. The van der Waals surface area contributed by atoms with E-state index in [0.29, 0.717) is 21.8 Å². The molecule has 0 aliphatic heterocycles. The second-order valence-electron chi connectivity index (χ2n) is 3.64. The fourth-order valence-electron chi connectivity index (χ4n) is 1.72. The molecule has 2 N–H and O–H groups in total. The van der Waals surface area contributed by atoms with Crippen LogP contribution >= 0.6 is 11.3 Å². The van der Waals surface area contributed by atoms with Gasteiger partial charge in [0.15, 0.2) is 0 Å². The predicted octanol–water partition coefficient (Wildman–Crippen LogP) is 1.74. The standard InChI is InChI=1S/C11H9N3O2S/c1-6-13-10-9(11(15)14(6)12)7(5-17-10)8-3-2-4-16-8/h2-5H,12H2,1H3. The molecule has 0 bridgehead atoms. The van der Waals surface area contributed by atoms with Crippen molar-refractivity contribution in [3.63, 3.8) is 0 Å². The van der Waals surface area contributed by atoms with Crippen molar-refractivity contribution in [3.8, 4) is 11.3 Å². The average Bonchev–Trinajstić information content (AvgIpc) is 2.93. The van der Waals surface area contributed by atoms with Crippen molar-refractivity contribution in [2.75, 3.05) is 5.84 Å². The van der Waals surface area contributed by atoms with Crippen LogP contribution in [0, 0.1) is 6.92 Å². The minimum atomic E-state index is -0.250. The predicted molar refractivity (Wildman–Crippen MR) is 66.5 cm³/mol. The van der Waals surface area contributed by atoms with Gasteiger partial charge in [-0.1, -0.05) is 0 Å². The van der Waals surface area contributed by atoms with Crippen molar-refractivity contribution in [2.24, 2.45) is 0 Å². The van der Waals surface area contributed by atoms with Crippen LogP contribution in [0.4, 0.5) is 0 Å². The third-order valence-corrected chi connectivity index (χ3v) is 3.48. The summed E-state index contributed by atoms with van der Waals surface area (Å²) in [6.45, 7) is 1.70. The Morgan fingerprint density at radius 1 is 1.53 bits per heavy atom. The van der Waals surface area contributed by atoms with Gasteiger partial charge in [-0.25, -0.2) is 9.66 Å². The molecule has 0 unspecified atom stereocenters. The van der Waals surface area contributed by atoms with E-state index in [-0.39, 0.29) is 5.56 Å². The van der Waals surface area contributed by atoms with Crippen LogP contribution in [0.25, 0.3) is 21.5 Å². The van der Waals surface area contributed by atoms with Gasteiger partial charge in [0.1, 0.15) is 16.4 Å². The van der Waals surface area contributed by atoms with Crippen molar-refractivity contribution in [2.45, 2.75) is 6.92 Å². The first kappa shape index (κ1) is 10.1. The minimum Gasteiger partial charge on any atom is -0.464 e. The smallest absolute Gasteiger partial charge is 0.281 e. The van der Waals surface area contributed by atoms with Gasteiger partial charge in [0.05, 0.1) is 11.6 Å². The van der Waals surface area contributed by atoms with Gasteiger partial charge in [-0.2, -0.15) is 0 Å². The van der Waals surface area contributed by atoms with Crippen LogP contribution in [-0.2, 0) is 0 Å². The van der Waals surface area contributed by atoms with E-state index < -0.39 is 0 Å². The zero-order valence-corrected chi connectivity index (χ0v) is 9.82. The summed E-state index contributed by atoms with van der Waals surface area (Å²) in [6.07, 6.45) is 1.57. The molecule has 0 aliphatic rings. The van der Waals surface area contributed by atoms with Crippen molar-refractivity contribution in [1.82, 2.24) is 9.66 Å². The van der Waals surface area contributed by atoms with Crippen LogP contribution in [-0.4, -0.2) is 9.66 Å². The number of nitrogens with zero attached hydrogens (tertiary/aromatic N) is 2. The van der Waals surface area contributed by atoms with Crippen LogP contribution in [0.1, 0.15) is 5.82 Å². The van der Waals surface area contributed by atoms with Gasteiger partial charge >= 0.3 is 0 Å². The summed E-state index contributed by atoms with van der Waals surface area (Å²) >= 11 is 1.41. The Labute approximate surface area is 100 Å². The van der Waals surface area contributed by atoms with Crippen LogP contribution in [0.5, 0.6) is 0 Å². The zero-order chi connectivity index (χ0) is 12.0. The zero-order valence-electron chi connectivity index (χ0n) is 9.01. The number of rotatable bonds is 1. The lowest BCUT2D eigenvalue weighted by molar-refractivity contribution is 0.583. The topological polar surface area (TPSA) is 74.0 Å². The maximum Gasteiger partial charge on any atom is 0.281 e. The third kappa shape index (κ3) is 1.38. The van der Waals surface area contributed by atoms with Gasteiger partial charge in [-0.05, 0) is 19.1 Å². The van der Waals surface area contributed by atoms with Gasteiger partial charge in [-0.3, -0.25) is 4.79 Å². The molecule has 3 aromatic heterocycles. The Morgan fingerprint density at radius 3 is 3.06 bits per heavy atom. The maximum absolute atomic E-state index is 12.1. The Kier molecular flexibility index (Phi) is 2.05. The molecule has 0 amide bonds. The van der Waals surface area contributed by atoms with E-state index in [1.165, 1.54) is 11.3 Å². The SMILES string of the molecule is Cc1nc2scc(-c3ccco3)c2c(=O)n1N. The molecule has 86 valence electrons. The van der Waals surface area contributed by atoms with Crippen LogP contribution < -0.4 is 11.4 Å². The molecule has 3 heterocycles. The molecular formula is C11H9N3O2S. The fourth-order valence-corrected chi connectivity index (χ4v) is 2.68. The maximum atomic E-state index is 12.1. The highest BCUT2D eigenvalue weighted by Gasteiger charge is 2.15. The number of aryl methyl sites for hydroxylation is 1. The van der Waals surface area contributed by atoms with Crippen LogP contribution in [0.2, 0.25) is 0 Å². The van der Waals surface area contributed by atoms with E-state index in [0.717, 1.165) is 10.2 Å². The molecule has 3 rings (SSSR count). The molecule has 0 aliphatic carbocycles. The Balaban J connectivity index is 2.44. The summed E-state index contributed by atoms with van der Waals surface area (Å²) in [5, 5.41) is 2.37. The van der Waals surface area contributed by atoms with Crippen molar-refractivity contribution in [3.05, 3.63) is 40.0 Å². The molecule has 0 radical (unpaired) electrons. The van der Waals surface area contributed by atoms with Gasteiger partial charge in [0.2, 0.25) is 0 Å². The van der Waals surface area contributed by atoms with Gasteiger partial charge < -0.3 is 10.3 Å². The molecule has 0 aromatic carbocycles. The molecule has 0 atom stereocenters. The lowest BCUT2D eigenvalue weighted by atomic mass is 10.2. The summed E-state index contributed by atoms with van der Waals surface area (Å²) in [5.41, 5.74) is 0.492. The Bertz CT molecular complexity index is 740. The van der Waals surface area contributed by atoms with Crippen molar-refractivity contribution in [1.29, 1.82) is 0 Å². The highest BCUT2D eigenvalue weighted by molar-refractivity contribution is 7.17. The summed E-state index contributed by atoms with van der Waals surface area (Å²) < 4.78 is 6.36. The molecule has 0 saturated heterocycles. The second-order valence-corrected chi connectivity index (χ2v) is 4.50. The molecule has 3 aromatic rings. The van der Waals surface area contributed by atoms with E-state index in [4.69, 9.17) is 10.3 Å². The van der Waals surface area contributed by atoms with E-state index >= 15 is 0 Å². The first-order valence-corrected chi connectivity index (χ1v) is 5.86. The number of hydrogen-bond donors (Lipinski definition) is 1. The summed E-state index contributed by atoms with van der Waals surface area (Å²) in [7, 11) is 0. The minimum absolute atomic E-state index is 0.250. The molecule has 0 saturated carbocycles. The lowest BCUT2D eigenvalue weighted by Gasteiger charge is -2.02. The summed E-state index contributed by atoms with van der Waals surface area (Å²) in [6, 6.07) is 3.59. The molecule has 0 fully saturated rings. The summed E-state index contributed by atoms with van der Waals surface area (Å²) in [4.78, 5) is 17.1. The van der Waals surface area contributed by atoms with E-state index in [1.54, 1.807) is 19.3 Å². The van der Waals surface area contributed by atoms with Gasteiger partial charge in [-0.15, -0.1) is 11.3 Å². The second kappa shape index (κ2) is 3.46. The number of furan rings is 1. The van der Waals surface area contributed by atoms with Crippen molar-refractivity contribution >= 4 is 21.6 Å². The number of fused-ring (bicyclic) bond motifs is 1. The summed E-state index contributed by atoms with van der Waals surface area (Å²) in [5.74, 6) is 6.79. The first-order chi connectivity index (χ1) is 8.18. The molecular weight excluding hydrogens is 238 g/mol. The highest BCUT2D eigenvalue weighted by Crippen LogP contribution is 2.30. The van der Waals surface area contributed by atoms with Gasteiger partial charge in [0.25, 0.3) is 5.56 Å². The average molecular weight is 247 g/mol. The molecule has 0 spiro atoms.